The first-order chi connectivity index (χ1) is 18.3. The minimum absolute atomic E-state index is 0.0681. The van der Waals surface area contributed by atoms with Crippen molar-refractivity contribution in [1.82, 2.24) is 4.98 Å². The van der Waals surface area contributed by atoms with Crippen molar-refractivity contribution in [2.75, 3.05) is 58.4 Å². The molecular weight excluding hydrogens is 510 g/mol. The predicted octanol–water partition coefficient (Wildman–Crippen LogP) is 4.87. The highest BCUT2D eigenvalue weighted by molar-refractivity contribution is 8.00. The number of amides is 1. The van der Waals surface area contributed by atoms with Gasteiger partial charge in [-0.25, -0.2) is 13.8 Å². The summed E-state index contributed by atoms with van der Waals surface area (Å²) in [6.07, 6.45) is 4.20. The number of aromatic nitrogens is 1. The van der Waals surface area contributed by atoms with Crippen LogP contribution in [0.4, 0.5) is 31.8 Å². The van der Waals surface area contributed by atoms with Gasteiger partial charge >= 0.3 is 0 Å². The number of carbonyl (C=O) groups is 1. The second-order valence-corrected chi connectivity index (χ2v) is 11.3. The molecule has 3 heterocycles. The van der Waals surface area contributed by atoms with Gasteiger partial charge in [0.1, 0.15) is 17.7 Å². The van der Waals surface area contributed by atoms with E-state index in [9.17, 15) is 18.8 Å². The number of benzene rings is 1. The van der Waals surface area contributed by atoms with Crippen molar-refractivity contribution < 1.29 is 18.7 Å². The number of nitriles is 1. The Kier molecular flexibility index (Phi) is 7.63. The first-order valence-corrected chi connectivity index (χ1v) is 14.0. The number of carbonyl (C=O) groups excluding carboxylic acids is 1. The van der Waals surface area contributed by atoms with Crippen molar-refractivity contribution in [3.8, 4) is 6.07 Å². The summed E-state index contributed by atoms with van der Waals surface area (Å²) in [4.78, 5) is 21.9. The molecule has 2 saturated heterocycles. The molecule has 1 amide bonds. The highest BCUT2D eigenvalue weighted by Gasteiger charge is 2.44. The van der Waals surface area contributed by atoms with Crippen molar-refractivity contribution in [2.45, 2.75) is 44.4 Å². The number of rotatable bonds is 8. The van der Waals surface area contributed by atoms with Crippen LogP contribution in [0.25, 0.3) is 0 Å². The SMILES string of the molecule is N#Cc1ccc(NC(=O)c2ccc(NSCCO)cc2N2CCC3(CC2)CC3)nc1N1CCC(F)(F)CC1. The van der Waals surface area contributed by atoms with Gasteiger partial charge in [-0.2, -0.15) is 5.26 Å². The van der Waals surface area contributed by atoms with Gasteiger partial charge < -0.3 is 24.9 Å². The van der Waals surface area contributed by atoms with E-state index in [0.717, 1.165) is 37.3 Å². The summed E-state index contributed by atoms with van der Waals surface area (Å²) in [5.74, 6) is -1.91. The average molecular weight is 543 g/mol. The monoisotopic (exact) mass is 542 g/mol. The number of nitrogens with zero attached hydrogens (tertiary/aromatic N) is 4. The van der Waals surface area contributed by atoms with E-state index < -0.39 is 5.92 Å². The van der Waals surface area contributed by atoms with Gasteiger partial charge in [-0.3, -0.25) is 4.79 Å². The molecule has 3 aliphatic rings. The Morgan fingerprint density at radius 2 is 1.76 bits per heavy atom. The number of alkyl halides is 2. The third kappa shape index (κ3) is 5.97. The van der Waals surface area contributed by atoms with Crippen molar-refractivity contribution in [3.63, 3.8) is 0 Å². The first-order valence-electron chi connectivity index (χ1n) is 13.0. The van der Waals surface area contributed by atoms with E-state index in [-0.39, 0.29) is 49.8 Å². The second kappa shape index (κ2) is 10.9. The van der Waals surface area contributed by atoms with E-state index in [1.165, 1.54) is 24.8 Å². The maximum absolute atomic E-state index is 13.7. The Hall–Kier alpha value is -3.10. The van der Waals surface area contributed by atoms with Gasteiger partial charge in [-0.1, -0.05) is 11.9 Å². The minimum atomic E-state index is -2.71. The topological polar surface area (TPSA) is 105 Å². The van der Waals surface area contributed by atoms with Crippen LogP contribution in [-0.2, 0) is 0 Å². The van der Waals surface area contributed by atoms with Gasteiger partial charge in [0.15, 0.2) is 0 Å². The fourth-order valence-corrected chi connectivity index (χ4v) is 5.69. The van der Waals surface area contributed by atoms with Crippen LogP contribution in [-0.4, -0.2) is 60.5 Å². The molecule has 202 valence electrons. The zero-order valence-corrected chi connectivity index (χ0v) is 22.0. The maximum Gasteiger partial charge on any atom is 0.258 e. The number of halogens is 2. The number of anilines is 4. The lowest BCUT2D eigenvalue weighted by Gasteiger charge is -2.35. The van der Waals surface area contributed by atoms with Gasteiger partial charge in [0.2, 0.25) is 0 Å². The standard InChI is InChI=1S/C27H32F2N6O2S/c28-27(29)9-13-35(14-10-27)24-19(18-30)1-4-23(31-24)32-25(37)21-3-2-20(33-38-16-15-36)17-22(21)34-11-7-26(5-6-26)8-12-34/h1-4,17,33,36H,5-16H2,(H,31,32,37). The third-order valence-electron chi connectivity index (χ3n) is 7.78. The lowest BCUT2D eigenvalue weighted by Crippen LogP contribution is -2.40. The molecule has 38 heavy (non-hydrogen) atoms. The fourth-order valence-electron chi connectivity index (χ4n) is 5.20. The number of aliphatic hydroxyl groups is 1. The maximum atomic E-state index is 13.7. The molecule has 1 aromatic heterocycles. The molecule has 2 aromatic rings. The Balaban J connectivity index is 1.36. The summed E-state index contributed by atoms with van der Waals surface area (Å²) in [7, 11) is 0. The second-order valence-electron chi connectivity index (χ2n) is 10.4. The predicted molar refractivity (Wildman–Crippen MR) is 146 cm³/mol. The van der Waals surface area contributed by atoms with Crippen LogP contribution in [0.1, 0.15) is 54.4 Å². The number of pyridine rings is 1. The Labute approximate surface area is 225 Å². The average Bonchev–Trinajstić information content (AvgIpc) is 3.67. The largest absolute Gasteiger partial charge is 0.395 e. The lowest BCUT2D eigenvalue weighted by molar-refractivity contribution is -0.0221. The van der Waals surface area contributed by atoms with Crippen molar-refractivity contribution in [3.05, 3.63) is 41.5 Å². The Morgan fingerprint density at radius 3 is 2.42 bits per heavy atom. The molecule has 2 aliphatic heterocycles. The van der Waals surface area contributed by atoms with Crippen LogP contribution in [0.3, 0.4) is 0 Å². The molecule has 0 bridgehead atoms. The third-order valence-corrected chi connectivity index (χ3v) is 8.55. The number of piperidine rings is 2. The van der Waals surface area contributed by atoms with E-state index in [1.807, 2.05) is 12.1 Å². The van der Waals surface area contributed by atoms with E-state index >= 15 is 0 Å². The van der Waals surface area contributed by atoms with E-state index in [4.69, 9.17) is 5.11 Å². The number of hydrogen-bond donors (Lipinski definition) is 3. The summed E-state index contributed by atoms with van der Waals surface area (Å²) in [6, 6.07) is 10.8. The van der Waals surface area contributed by atoms with E-state index in [2.05, 4.69) is 26.0 Å². The van der Waals surface area contributed by atoms with Crippen molar-refractivity contribution in [1.29, 1.82) is 5.26 Å². The molecule has 11 heteroatoms. The molecule has 0 unspecified atom stereocenters. The normalized spacial score (nSPS) is 19.6. The first kappa shape index (κ1) is 26.5. The van der Waals surface area contributed by atoms with Crippen LogP contribution in [0.2, 0.25) is 0 Å². The van der Waals surface area contributed by atoms with Crippen LogP contribution in [0.15, 0.2) is 30.3 Å². The molecule has 1 spiro atoms. The van der Waals surface area contributed by atoms with Gasteiger partial charge in [0, 0.05) is 50.5 Å². The summed E-state index contributed by atoms with van der Waals surface area (Å²) in [5, 5.41) is 21.5. The zero-order chi connectivity index (χ0) is 26.8. The molecule has 3 fully saturated rings. The minimum Gasteiger partial charge on any atom is -0.395 e. The molecule has 3 N–H and O–H groups in total. The molecule has 5 rings (SSSR count). The van der Waals surface area contributed by atoms with Crippen LogP contribution < -0.4 is 19.8 Å². The van der Waals surface area contributed by atoms with Crippen LogP contribution in [0, 0.1) is 16.7 Å². The summed E-state index contributed by atoms with van der Waals surface area (Å²) in [6.45, 7) is 2.02. The van der Waals surface area contributed by atoms with Crippen LogP contribution in [0.5, 0.6) is 0 Å². The van der Waals surface area contributed by atoms with Crippen molar-refractivity contribution in [2.24, 2.45) is 5.41 Å². The summed E-state index contributed by atoms with van der Waals surface area (Å²) in [5.41, 5.74) is 2.97. The summed E-state index contributed by atoms with van der Waals surface area (Å²) >= 11 is 1.40. The fraction of sp³-hybridized carbons (Fsp3) is 0.519. The molecule has 1 saturated carbocycles. The Morgan fingerprint density at radius 1 is 1.05 bits per heavy atom. The van der Waals surface area contributed by atoms with Crippen LogP contribution >= 0.6 is 11.9 Å². The summed E-state index contributed by atoms with van der Waals surface area (Å²) < 4.78 is 30.6. The van der Waals surface area contributed by atoms with E-state index in [0.29, 0.717) is 22.5 Å². The van der Waals surface area contributed by atoms with E-state index in [1.54, 1.807) is 23.1 Å². The Bertz CT molecular complexity index is 1210. The number of aliphatic hydroxyl groups excluding tert-OH is 1. The van der Waals surface area contributed by atoms with Gasteiger partial charge in [0.25, 0.3) is 11.8 Å². The zero-order valence-electron chi connectivity index (χ0n) is 21.2. The smallest absolute Gasteiger partial charge is 0.258 e. The van der Waals surface area contributed by atoms with Gasteiger partial charge in [-0.05, 0) is 61.4 Å². The highest BCUT2D eigenvalue weighted by atomic mass is 32.2. The quantitative estimate of drug-likeness (QED) is 0.321. The molecular formula is C27H32F2N6O2S. The highest BCUT2D eigenvalue weighted by Crippen LogP contribution is 2.54. The number of hydrogen-bond acceptors (Lipinski definition) is 8. The molecule has 0 atom stereocenters. The lowest BCUT2D eigenvalue weighted by atomic mass is 9.93. The number of nitrogens with one attached hydrogen (secondary N) is 2. The molecule has 1 aromatic carbocycles. The molecule has 8 nitrogen and oxygen atoms in total. The van der Waals surface area contributed by atoms with Gasteiger partial charge in [0.05, 0.1) is 23.4 Å². The van der Waals surface area contributed by atoms with Crippen molar-refractivity contribution >= 4 is 40.9 Å². The molecule has 0 radical (unpaired) electrons. The van der Waals surface area contributed by atoms with Gasteiger partial charge in [-0.15, -0.1) is 0 Å². The molecule has 1 aliphatic carbocycles.